The zero-order valence-corrected chi connectivity index (χ0v) is 14.2. The molecule has 0 aliphatic heterocycles. The number of benzene rings is 2. The van der Waals surface area contributed by atoms with Gasteiger partial charge in [0.2, 0.25) is 0 Å². The van der Waals surface area contributed by atoms with Crippen LogP contribution in [0.5, 0.6) is 5.75 Å². The number of hydrogen-bond donors (Lipinski definition) is 2. The molecule has 126 valence electrons. The van der Waals surface area contributed by atoms with Crippen LogP contribution in [0.3, 0.4) is 0 Å². The van der Waals surface area contributed by atoms with Gasteiger partial charge in [-0.3, -0.25) is 0 Å². The quantitative estimate of drug-likeness (QED) is 0.557. The SMILES string of the molecule is N#Cc1cn(-c2ccc(C(=O)O)c(O)c2)cc1-c1csc2ccccc12. The van der Waals surface area contributed by atoms with Gasteiger partial charge in [0.1, 0.15) is 17.4 Å². The summed E-state index contributed by atoms with van der Waals surface area (Å²) in [7, 11) is 0. The van der Waals surface area contributed by atoms with Crippen molar-refractivity contribution in [2.75, 3.05) is 0 Å². The van der Waals surface area contributed by atoms with E-state index < -0.39 is 5.97 Å². The number of thiophene rings is 1. The standard InChI is InChI=1S/C20H12N2O3S/c21-8-12-9-22(13-5-6-15(20(24)25)18(23)7-13)10-16(12)17-11-26-19-4-2-1-3-14(17)19/h1-7,9-11,23H,(H,24,25). The van der Waals surface area contributed by atoms with Gasteiger partial charge in [-0.2, -0.15) is 5.26 Å². The Kier molecular flexibility index (Phi) is 3.72. The van der Waals surface area contributed by atoms with Gasteiger partial charge < -0.3 is 14.8 Å². The first kappa shape index (κ1) is 15.9. The van der Waals surface area contributed by atoms with Gasteiger partial charge >= 0.3 is 5.97 Å². The molecule has 2 heterocycles. The molecule has 5 nitrogen and oxygen atoms in total. The van der Waals surface area contributed by atoms with Gasteiger partial charge in [0, 0.05) is 45.4 Å². The highest BCUT2D eigenvalue weighted by Gasteiger charge is 2.15. The number of aromatic hydroxyl groups is 1. The molecule has 0 unspecified atom stereocenters. The minimum Gasteiger partial charge on any atom is -0.507 e. The van der Waals surface area contributed by atoms with Crippen LogP contribution in [0.1, 0.15) is 15.9 Å². The minimum atomic E-state index is -1.19. The number of phenols is 1. The van der Waals surface area contributed by atoms with Crippen molar-refractivity contribution in [1.82, 2.24) is 4.57 Å². The summed E-state index contributed by atoms with van der Waals surface area (Å²) >= 11 is 1.62. The fraction of sp³-hybridized carbons (Fsp3) is 0. The molecule has 0 radical (unpaired) electrons. The molecule has 2 aromatic carbocycles. The third-order valence-electron chi connectivity index (χ3n) is 4.23. The Balaban J connectivity index is 1.85. The van der Waals surface area contributed by atoms with Gasteiger partial charge in [-0.1, -0.05) is 18.2 Å². The fourth-order valence-electron chi connectivity index (χ4n) is 2.96. The average molecular weight is 360 g/mol. The number of fused-ring (bicyclic) bond motifs is 1. The van der Waals surface area contributed by atoms with E-state index in [-0.39, 0.29) is 11.3 Å². The lowest BCUT2D eigenvalue weighted by Crippen LogP contribution is -1.98. The summed E-state index contributed by atoms with van der Waals surface area (Å²) in [5, 5.41) is 31.6. The van der Waals surface area contributed by atoms with Crippen molar-refractivity contribution in [3.63, 3.8) is 0 Å². The van der Waals surface area contributed by atoms with E-state index in [1.54, 1.807) is 28.2 Å². The van der Waals surface area contributed by atoms with Crippen molar-refractivity contribution >= 4 is 27.4 Å². The van der Waals surface area contributed by atoms with Crippen LogP contribution in [-0.4, -0.2) is 20.7 Å². The second-order valence-corrected chi connectivity index (χ2v) is 6.67. The largest absolute Gasteiger partial charge is 0.507 e. The summed E-state index contributed by atoms with van der Waals surface area (Å²) in [5.74, 6) is -1.51. The van der Waals surface area contributed by atoms with Gasteiger partial charge in [0.25, 0.3) is 0 Å². The topological polar surface area (TPSA) is 86.2 Å². The molecule has 0 aliphatic rings. The number of carbonyl (C=O) groups is 1. The maximum atomic E-state index is 11.0. The highest BCUT2D eigenvalue weighted by molar-refractivity contribution is 7.17. The van der Waals surface area contributed by atoms with Crippen LogP contribution < -0.4 is 0 Å². The molecule has 0 amide bonds. The summed E-state index contributed by atoms with van der Waals surface area (Å²) in [6.45, 7) is 0. The van der Waals surface area contributed by atoms with Crippen molar-refractivity contribution < 1.29 is 15.0 Å². The van der Waals surface area contributed by atoms with E-state index in [0.717, 1.165) is 21.2 Å². The van der Waals surface area contributed by atoms with E-state index in [4.69, 9.17) is 5.11 Å². The summed E-state index contributed by atoms with van der Waals surface area (Å²) in [4.78, 5) is 11.0. The zero-order chi connectivity index (χ0) is 18.3. The van der Waals surface area contributed by atoms with E-state index in [1.165, 1.54) is 12.1 Å². The number of carboxylic acid groups (broad SMARTS) is 1. The molecule has 2 N–H and O–H groups in total. The molecule has 0 aliphatic carbocycles. The van der Waals surface area contributed by atoms with Crippen LogP contribution in [-0.2, 0) is 0 Å². The third kappa shape index (κ3) is 2.51. The Morgan fingerprint density at radius 2 is 1.92 bits per heavy atom. The van der Waals surface area contributed by atoms with Crippen LogP contribution in [0.2, 0.25) is 0 Å². The Morgan fingerprint density at radius 1 is 1.12 bits per heavy atom. The van der Waals surface area contributed by atoms with Crippen LogP contribution in [0, 0.1) is 11.3 Å². The molecule has 0 saturated carbocycles. The number of aromatic carboxylic acids is 1. The van der Waals surface area contributed by atoms with Gasteiger partial charge in [-0.05, 0) is 23.6 Å². The van der Waals surface area contributed by atoms with Crippen molar-refractivity contribution in [1.29, 1.82) is 5.26 Å². The molecule has 0 atom stereocenters. The lowest BCUT2D eigenvalue weighted by Gasteiger charge is -2.05. The van der Waals surface area contributed by atoms with Crippen molar-refractivity contribution in [2.45, 2.75) is 0 Å². The van der Waals surface area contributed by atoms with E-state index >= 15 is 0 Å². The molecule has 6 heteroatoms. The van der Waals surface area contributed by atoms with Crippen molar-refractivity contribution in [3.8, 4) is 28.6 Å². The molecule has 26 heavy (non-hydrogen) atoms. The molecular weight excluding hydrogens is 348 g/mol. The van der Waals surface area contributed by atoms with E-state index in [9.17, 15) is 15.2 Å². The molecule has 0 spiro atoms. The maximum absolute atomic E-state index is 11.0. The van der Waals surface area contributed by atoms with E-state index in [2.05, 4.69) is 6.07 Å². The second-order valence-electron chi connectivity index (χ2n) is 5.76. The number of rotatable bonds is 3. The molecule has 0 saturated heterocycles. The first-order valence-electron chi connectivity index (χ1n) is 7.74. The molecule has 4 aromatic rings. The number of aromatic nitrogens is 1. The summed E-state index contributed by atoms with van der Waals surface area (Å²) in [6.07, 6.45) is 3.50. The first-order valence-corrected chi connectivity index (χ1v) is 8.62. The Bertz CT molecular complexity index is 1200. The van der Waals surface area contributed by atoms with Crippen molar-refractivity contribution in [3.05, 3.63) is 71.4 Å². The normalized spacial score (nSPS) is 10.7. The predicted octanol–water partition coefficient (Wildman–Crippen LogP) is 4.63. The molecular formula is C20H12N2O3S. The van der Waals surface area contributed by atoms with Gasteiger partial charge in [-0.15, -0.1) is 11.3 Å². The van der Waals surface area contributed by atoms with Crippen LogP contribution in [0.15, 0.2) is 60.2 Å². The number of nitriles is 1. The second kappa shape index (κ2) is 6.06. The smallest absolute Gasteiger partial charge is 0.339 e. The summed E-state index contributed by atoms with van der Waals surface area (Å²) < 4.78 is 2.86. The highest BCUT2D eigenvalue weighted by Crippen LogP contribution is 2.36. The maximum Gasteiger partial charge on any atom is 0.339 e. The van der Waals surface area contributed by atoms with E-state index in [0.29, 0.717) is 11.3 Å². The Labute approximate surface area is 152 Å². The molecule has 2 aromatic heterocycles. The Morgan fingerprint density at radius 3 is 2.65 bits per heavy atom. The zero-order valence-electron chi connectivity index (χ0n) is 13.4. The molecule has 4 rings (SSSR count). The molecule has 0 fully saturated rings. The monoisotopic (exact) mass is 360 g/mol. The summed E-state index contributed by atoms with van der Waals surface area (Å²) in [5.41, 5.74) is 2.70. The lowest BCUT2D eigenvalue weighted by atomic mass is 10.0. The minimum absolute atomic E-state index is 0.162. The average Bonchev–Trinajstić information content (AvgIpc) is 3.25. The Hall–Kier alpha value is -3.56. The highest BCUT2D eigenvalue weighted by atomic mass is 32.1. The fourth-order valence-corrected chi connectivity index (χ4v) is 3.92. The summed E-state index contributed by atoms with van der Waals surface area (Å²) in [6, 6.07) is 14.5. The number of nitrogens with zero attached hydrogens (tertiary/aromatic N) is 2. The lowest BCUT2D eigenvalue weighted by molar-refractivity contribution is 0.0694. The van der Waals surface area contributed by atoms with Gasteiger partial charge in [-0.25, -0.2) is 4.79 Å². The molecule has 0 bridgehead atoms. The van der Waals surface area contributed by atoms with Gasteiger partial charge in [0.05, 0.1) is 5.56 Å². The number of carboxylic acids is 1. The third-order valence-corrected chi connectivity index (χ3v) is 5.19. The van der Waals surface area contributed by atoms with Crippen LogP contribution in [0.4, 0.5) is 0 Å². The van der Waals surface area contributed by atoms with E-state index in [1.807, 2.05) is 35.8 Å². The first-order chi connectivity index (χ1) is 12.6. The predicted molar refractivity (Wildman–Crippen MR) is 99.9 cm³/mol. The van der Waals surface area contributed by atoms with Crippen LogP contribution in [0.25, 0.3) is 26.9 Å². The number of hydrogen-bond acceptors (Lipinski definition) is 4. The van der Waals surface area contributed by atoms with Crippen LogP contribution >= 0.6 is 11.3 Å². The van der Waals surface area contributed by atoms with Gasteiger partial charge in [0.15, 0.2) is 0 Å². The van der Waals surface area contributed by atoms with Crippen molar-refractivity contribution in [2.24, 2.45) is 0 Å².